The second-order valence-electron chi connectivity index (χ2n) is 6.98. The van der Waals surface area contributed by atoms with Crippen LogP contribution in [0.2, 0.25) is 0 Å². The first-order valence-electron chi connectivity index (χ1n) is 8.80. The lowest BCUT2D eigenvalue weighted by molar-refractivity contribution is 0.0954. The summed E-state index contributed by atoms with van der Waals surface area (Å²) in [4.78, 5) is 23.9. The first kappa shape index (κ1) is 19.5. The Labute approximate surface area is 155 Å². The van der Waals surface area contributed by atoms with E-state index in [0.717, 1.165) is 0 Å². The summed E-state index contributed by atoms with van der Waals surface area (Å²) >= 11 is 0. The fourth-order valence-electron chi connectivity index (χ4n) is 2.58. The smallest absolute Gasteiger partial charge is 0.314 e. The average Bonchev–Trinajstić information content (AvgIpc) is 2.64. The van der Waals surface area contributed by atoms with Crippen molar-refractivity contribution in [3.63, 3.8) is 0 Å². The minimum atomic E-state index is -0.236. The highest BCUT2D eigenvalue weighted by atomic mass is 16.2. The predicted octanol–water partition coefficient (Wildman–Crippen LogP) is 3.00. The van der Waals surface area contributed by atoms with Crippen LogP contribution in [0.4, 0.5) is 4.79 Å². The minimum Gasteiger partial charge on any atom is -0.350 e. The van der Waals surface area contributed by atoms with E-state index in [2.05, 4.69) is 54.9 Å². The molecule has 3 N–H and O–H groups in total. The van der Waals surface area contributed by atoms with Crippen LogP contribution in [0.5, 0.6) is 0 Å². The van der Waals surface area contributed by atoms with Gasteiger partial charge in [-0.15, -0.1) is 0 Å². The van der Waals surface area contributed by atoms with Gasteiger partial charge in [0.15, 0.2) is 0 Å². The van der Waals surface area contributed by atoms with Crippen LogP contribution in [0.25, 0.3) is 0 Å². The lowest BCUT2D eigenvalue weighted by Crippen LogP contribution is -2.44. The van der Waals surface area contributed by atoms with E-state index in [0.29, 0.717) is 25.2 Å². The minimum absolute atomic E-state index is 0.145. The van der Waals surface area contributed by atoms with Gasteiger partial charge in [0.25, 0.3) is 5.91 Å². The summed E-state index contributed by atoms with van der Waals surface area (Å²) < 4.78 is 0. The number of urea groups is 1. The van der Waals surface area contributed by atoms with E-state index >= 15 is 0 Å². The van der Waals surface area contributed by atoms with Gasteiger partial charge in [-0.3, -0.25) is 4.79 Å². The van der Waals surface area contributed by atoms with Gasteiger partial charge < -0.3 is 16.0 Å². The Kier molecular flexibility index (Phi) is 6.78. The second-order valence-corrected chi connectivity index (χ2v) is 6.98. The Morgan fingerprint density at radius 2 is 1.58 bits per heavy atom. The van der Waals surface area contributed by atoms with Crippen molar-refractivity contribution in [3.8, 4) is 0 Å². The van der Waals surface area contributed by atoms with E-state index in [4.69, 9.17) is 0 Å². The van der Waals surface area contributed by atoms with Crippen LogP contribution in [0, 0.1) is 6.92 Å². The SMILES string of the molecule is Cc1cccc(C(C)(C)CNC(=O)NCCNC(=O)c2ccccc2)c1. The van der Waals surface area contributed by atoms with Crippen molar-refractivity contribution >= 4 is 11.9 Å². The Morgan fingerprint density at radius 1 is 0.885 bits per heavy atom. The van der Waals surface area contributed by atoms with Gasteiger partial charge in [0.1, 0.15) is 0 Å². The lowest BCUT2D eigenvalue weighted by atomic mass is 9.84. The molecule has 26 heavy (non-hydrogen) atoms. The van der Waals surface area contributed by atoms with Gasteiger partial charge in [0.2, 0.25) is 0 Å². The third-order valence-electron chi connectivity index (χ3n) is 4.22. The number of hydrogen-bond acceptors (Lipinski definition) is 2. The Balaban J connectivity index is 1.69. The maximum Gasteiger partial charge on any atom is 0.314 e. The van der Waals surface area contributed by atoms with Crippen molar-refractivity contribution in [2.24, 2.45) is 0 Å². The van der Waals surface area contributed by atoms with Crippen LogP contribution in [-0.4, -0.2) is 31.6 Å². The molecule has 2 aromatic carbocycles. The zero-order valence-electron chi connectivity index (χ0n) is 15.6. The molecule has 3 amide bonds. The fourth-order valence-corrected chi connectivity index (χ4v) is 2.58. The molecule has 0 aliphatic rings. The van der Waals surface area contributed by atoms with E-state index in [1.165, 1.54) is 11.1 Å². The van der Waals surface area contributed by atoms with E-state index in [9.17, 15) is 9.59 Å². The first-order valence-corrected chi connectivity index (χ1v) is 8.80. The summed E-state index contributed by atoms with van der Waals surface area (Å²) in [5.74, 6) is -0.145. The van der Waals surface area contributed by atoms with E-state index < -0.39 is 0 Å². The lowest BCUT2D eigenvalue weighted by Gasteiger charge is -2.26. The van der Waals surface area contributed by atoms with Crippen LogP contribution < -0.4 is 16.0 Å². The van der Waals surface area contributed by atoms with Crippen LogP contribution in [0.3, 0.4) is 0 Å². The maximum atomic E-state index is 12.0. The first-order chi connectivity index (χ1) is 12.4. The van der Waals surface area contributed by atoms with E-state index in [-0.39, 0.29) is 17.4 Å². The highest BCUT2D eigenvalue weighted by molar-refractivity contribution is 5.94. The van der Waals surface area contributed by atoms with Crippen molar-refractivity contribution in [1.82, 2.24) is 16.0 Å². The van der Waals surface area contributed by atoms with Gasteiger partial charge in [-0.2, -0.15) is 0 Å². The Bertz CT molecular complexity index is 742. The predicted molar refractivity (Wildman–Crippen MR) is 104 cm³/mol. The van der Waals surface area contributed by atoms with Crippen LogP contribution in [0.1, 0.15) is 35.3 Å². The highest BCUT2D eigenvalue weighted by Gasteiger charge is 2.21. The second kappa shape index (κ2) is 9.04. The molecule has 0 saturated heterocycles. The zero-order chi connectivity index (χ0) is 19.0. The summed E-state index contributed by atoms with van der Waals surface area (Å²) in [6.07, 6.45) is 0. The molecule has 5 heteroatoms. The topological polar surface area (TPSA) is 70.2 Å². The fraction of sp³-hybridized carbons (Fsp3) is 0.333. The number of benzene rings is 2. The van der Waals surface area contributed by atoms with Gasteiger partial charge >= 0.3 is 6.03 Å². The normalized spacial score (nSPS) is 10.9. The number of rotatable bonds is 7. The highest BCUT2D eigenvalue weighted by Crippen LogP contribution is 2.22. The molecule has 0 aromatic heterocycles. The standard InChI is InChI=1S/C21H27N3O2/c1-16-8-7-11-18(14-16)21(2,3)15-24-20(26)23-13-12-22-19(25)17-9-5-4-6-10-17/h4-11,14H,12-13,15H2,1-3H3,(H,22,25)(H2,23,24,26). The molecule has 0 aliphatic carbocycles. The van der Waals surface area contributed by atoms with Crippen molar-refractivity contribution in [3.05, 3.63) is 71.3 Å². The molecular weight excluding hydrogens is 326 g/mol. The number of carbonyl (C=O) groups excluding carboxylic acids is 2. The molecule has 0 heterocycles. The number of nitrogens with one attached hydrogen (secondary N) is 3. The molecule has 0 aliphatic heterocycles. The Morgan fingerprint density at radius 3 is 2.27 bits per heavy atom. The Hall–Kier alpha value is -2.82. The van der Waals surface area contributed by atoms with Gasteiger partial charge in [-0.1, -0.05) is 61.9 Å². The number of hydrogen-bond donors (Lipinski definition) is 3. The molecule has 5 nitrogen and oxygen atoms in total. The van der Waals surface area contributed by atoms with Crippen LogP contribution in [-0.2, 0) is 5.41 Å². The number of amides is 3. The zero-order valence-corrected chi connectivity index (χ0v) is 15.6. The van der Waals surface area contributed by atoms with Crippen molar-refractivity contribution in [2.75, 3.05) is 19.6 Å². The largest absolute Gasteiger partial charge is 0.350 e. The third kappa shape index (κ3) is 5.92. The van der Waals surface area contributed by atoms with Gasteiger partial charge in [0, 0.05) is 30.6 Å². The van der Waals surface area contributed by atoms with Gasteiger partial charge in [0.05, 0.1) is 0 Å². The van der Waals surface area contributed by atoms with Crippen LogP contribution >= 0.6 is 0 Å². The molecule has 0 radical (unpaired) electrons. The summed E-state index contributed by atoms with van der Waals surface area (Å²) in [5.41, 5.74) is 2.84. The molecule has 0 saturated carbocycles. The molecule has 0 fully saturated rings. The summed E-state index contributed by atoms with van der Waals surface area (Å²) in [7, 11) is 0. The average molecular weight is 353 g/mol. The summed E-state index contributed by atoms with van der Waals surface area (Å²) in [6, 6.07) is 17.1. The van der Waals surface area contributed by atoms with Gasteiger partial charge in [-0.05, 0) is 24.6 Å². The van der Waals surface area contributed by atoms with E-state index in [1.54, 1.807) is 12.1 Å². The molecule has 0 unspecified atom stereocenters. The summed E-state index contributed by atoms with van der Waals surface area (Å²) in [5, 5.41) is 8.44. The molecule has 2 rings (SSSR count). The van der Waals surface area contributed by atoms with Crippen molar-refractivity contribution in [1.29, 1.82) is 0 Å². The summed E-state index contributed by atoms with van der Waals surface area (Å²) in [6.45, 7) is 7.53. The molecular formula is C21H27N3O2. The van der Waals surface area contributed by atoms with Crippen molar-refractivity contribution in [2.45, 2.75) is 26.2 Å². The monoisotopic (exact) mass is 353 g/mol. The van der Waals surface area contributed by atoms with Gasteiger partial charge in [-0.25, -0.2) is 4.79 Å². The third-order valence-corrected chi connectivity index (χ3v) is 4.22. The van der Waals surface area contributed by atoms with Crippen LogP contribution in [0.15, 0.2) is 54.6 Å². The molecule has 0 atom stereocenters. The molecule has 0 bridgehead atoms. The number of aryl methyl sites for hydroxylation is 1. The van der Waals surface area contributed by atoms with Crippen molar-refractivity contribution < 1.29 is 9.59 Å². The maximum absolute atomic E-state index is 12.0. The molecule has 2 aromatic rings. The van der Waals surface area contributed by atoms with E-state index in [1.807, 2.05) is 24.3 Å². The molecule has 138 valence electrons. The quantitative estimate of drug-likeness (QED) is 0.670. The number of carbonyl (C=O) groups is 2. The molecule has 0 spiro atoms.